The molecule has 1 fully saturated rings. The molecule has 0 bridgehead atoms. The van der Waals surface area contributed by atoms with Gasteiger partial charge in [-0.15, -0.1) is 0 Å². The van der Waals surface area contributed by atoms with Gasteiger partial charge in [-0.1, -0.05) is 12.1 Å². The molecule has 34 heavy (non-hydrogen) atoms. The smallest absolute Gasteiger partial charge is 0.328 e. The van der Waals surface area contributed by atoms with E-state index in [1.54, 1.807) is 24.3 Å². The van der Waals surface area contributed by atoms with Gasteiger partial charge in [-0.05, 0) is 36.4 Å². The molecule has 3 heterocycles. The first-order valence-corrected chi connectivity index (χ1v) is 11.5. The third-order valence-corrected chi connectivity index (χ3v) is 6.28. The number of nitrogens with zero attached hydrogens (tertiary/aromatic N) is 3. The van der Waals surface area contributed by atoms with Gasteiger partial charge in [-0.2, -0.15) is 0 Å². The van der Waals surface area contributed by atoms with Crippen LogP contribution in [-0.4, -0.2) is 57.8 Å². The topological polar surface area (TPSA) is 101 Å². The Morgan fingerprint density at radius 3 is 2.65 bits per heavy atom. The van der Waals surface area contributed by atoms with E-state index in [2.05, 4.69) is 32.0 Å². The lowest BCUT2D eigenvalue weighted by Crippen LogP contribution is -2.38. The maximum Gasteiger partial charge on any atom is 0.328 e. The molecule has 0 aliphatic carbocycles. The first-order valence-electron chi connectivity index (χ1n) is 11.5. The average molecular weight is 462 g/mol. The summed E-state index contributed by atoms with van der Waals surface area (Å²) < 4.78 is 9.06. The van der Waals surface area contributed by atoms with E-state index in [1.807, 2.05) is 18.2 Å². The summed E-state index contributed by atoms with van der Waals surface area (Å²) in [6.45, 7) is 5.57. The lowest BCUT2D eigenvalue weighted by Gasteiger charge is -2.26. The minimum Gasteiger partial charge on any atom is -0.379 e. The molecule has 0 spiro atoms. The second-order valence-corrected chi connectivity index (χ2v) is 8.46. The number of aromatic nitrogens is 3. The van der Waals surface area contributed by atoms with Crippen LogP contribution in [0.3, 0.4) is 0 Å². The lowest BCUT2D eigenvalue weighted by molar-refractivity contribution is -0.116. The van der Waals surface area contributed by atoms with E-state index >= 15 is 0 Å². The van der Waals surface area contributed by atoms with Crippen LogP contribution in [0.5, 0.6) is 0 Å². The Kier molecular flexibility index (Phi) is 6.29. The monoisotopic (exact) mass is 461 g/mol. The van der Waals surface area contributed by atoms with Crippen molar-refractivity contribution in [1.82, 2.24) is 19.0 Å². The predicted octanol–water partition coefficient (Wildman–Crippen LogP) is 2.01. The van der Waals surface area contributed by atoms with Crippen LogP contribution in [0.4, 0.5) is 5.69 Å². The second kappa shape index (κ2) is 9.66. The first-order chi connectivity index (χ1) is 16.6. The van der Waals surface area contributed by atoms with Crippen molar-refractivity contribution < 1.29 is 9.53 Å². The second-order valence-electron chi connectivity index (χ2n) is 8.46. The highest BCUT2D eigenvalue weighted by molar-refractivity contribution is 5.94. The number of fused-ring (bicyclic) bond motifs is 2. The van der Waals surface area contributed by atoms with Crippen molar-refractivity contribution >= 4 is 33.4 Å². The van der Waals surface area contributed by atoms with Crippen LogP contribution < -0.4 is 16.6 Å². The van der Waals surface area contributed by atoms with Gasteiger partial charge in [-0.25, -0.2) is 4.79 Å². The zero-order valence-corrected chi connectivity index (χ0v) is 18.8. The maximum atomic E-state index is 12.6. The largest absolute Gasteiger partial charge is 0.379 e. The number of hydrogen-bond donors (Lipinski definition) is 2. The molecule has 2 N–H and O–H groups in total. The van der Waals surface area contributed by atoms with Gasteiger partial charge in [0.05, 0.1) is 24.1 Å². The van der Waals surface area contributed by atoms with Crippen molar-refractivity contribution in [3.63, 3.8) is 0 Å². The highest BCUT2D eigenvalue weighted by Crippen LogP contribution is 2.21. The minimum atomic E-state index is -0.517. The van der Waals surface area contributed by atoms with Crippen LogP contribution in [0.2, 0.25) is 0 Å². The molecule has 4 aromatic rings. The zero-order valence-electron chi connectivity index (χ0n) is 18.8. The van der Waals surface area contributed by atoms with Crippen LogP contribution in [0, 0.1) is 0 Å². The molecule has 0 unspecified atom stereocenters. The molecule has 0 radical (unpaired) electrons. The number of aromatic amines is 1. The zero-order chi connectivity index (χ0) is 23.5. The summed E-state index contributed by atoms with van der Waals surface area (Å²) in [7, 11) is 0. The Labute approximate surface area is 195 Å². The molecule has 1 aliphatic heterocycles. The van der Waals surface area contributed by atoms with E-state index in [9.17, 15) is 14.4 Å². The molecule has 176 valence electrons. The minimum absolute atomic E-state index is 0.106. The van der Waals surface area contributed by atoms with Crippen molar-refractivity contribution in [3.8, 4) is 0 Å². The number of benzene rings is 2. The summed E-state index contributed by atoms with van der Waals surface area (Å²) in [5.74, 6) is -0.201. The number of para-hydroxylation sites is 1. The quantitative estimate of drug-likeness (QED) is 0.439. The van der Waals surface area contributed by atoms with Crippen molar-refractivity contribution in [2.75, 3.05) is 38.2 Å². The molecule has 2 aromatic heterocycles. The summed E-state index contributed by atoms with van der Waals surface area (Å²) >= 11 is 0. The van der Waals surface area contributed by atoms with E-state index in [-0.39, 0.29) is 18.9 Å². The van der Waals surface area contributed by atoms with Gasteiger partial charge in [0.1, 0.15) is 0 Å². The number of hydrogen-bond acceptors (Lipinski definition) is 5. The number of nitrogens with one attached hydrogen (secondary N) is 2. The number of morpholine rings is 1. The molecule has 1 saturated heterocycles. The highest BCUT2D eigenvalue weighted by Gasteiger charge is 2.12. The van der Waals surface area contributed by atoms with Gasteiger partial charge in [0, 0.05) is 61.9 Å². The molecular formula is C25H27N5O4. The van der Waals surface area contributed by atoms with E-state index in [0.717, 1.165) is 50.3 Å². The van der Waals surface area contributed by atoms with Crippen LogP contribution in [0.25, 0.3) is 21.8 Å². The van der Waals surface area contributed by atoms with Crippen molar-refractivity contribution in [2.24, 2.45) is 0 Å². The number of aryl methyl sites for hydroxylation is 1. The fourth-order valence-corrected chi connectivity index (χ4v) is 4.45. The van der Waals surface area contributed by atoms with Gasteiger partial charge in [0.25, 0.3) is 5.56 Å². The molecule has 1 amide bonds. The average Bonchev–Trinajstić information content (AvgIpc) is 3.25. The highest BCUT2D eigenvalue weighted by atomic mass is 16.5. The summed E-state index contributed by atoms with van der Waals surface area (Å²) in [6.07, 6.45) is 2.18. The summed E-state index contributed by atoms with van der Waals surface area (Å²) in [5, 5.41) is 4.40. The number of anilines is 1. The summed E-state index contributed by atoms with van der Waals surface area (Å²) in [5.41, 5.74) is 1.41. The van der Waals surface area contributed by atoms with E-state index in [0.29, 0.717) is 16.6 Å². The first kappa shape index (κ1) is 22.1. The Morgan fingerprint density at radius 2 is 1.79 bits per heavy atom. The van der Waals surface area contributed by atoms with Crippen LogP contribution in [0.15, 0.2) is 64.3 Å². The summed E-state index contributed by atoms with van der Waals surface area (Å²) in [4.78, 5) is 41.6. The standard InChI is InChI=1S/C25H27N5O4/c31-23(8-10-30-22-4-2-1-3-20(22)24(32)27-25(30)33)26-19-5-6-21-18(17-19)7-9-29(21)12-11-28-13-15-34-16-14-28/h1-7,9,17H,8,10-16H2,(H,26,31)(H,27,32,33). The normalized spacial score (nSPS) is 14.6. The number of rotatable bonds is 7. The van der Waals surface area contributed by atoms with E-state index in [4.69, 9.17) is 4.74 Å². The van der Waals surface area contributed by atoms with E-state index < -0.39 is 11.2 Å². The predicted molar refractivity (Wildman–Crippen MR) is 131 cm³/mol. The van der Waals surface area contributed by atoms with Crippen LogP contribution in [-0.2, 0) is 22.6 Å². The van der Waals surface area contributed by atoms with Crippen molar-refractivity contribution in [3.05, 3.63) is 75.6 Å². The molecule has 2 aromatic carbocycles. The molecule has 5 rings (SSSR count). The third-order valence-electron chi connectivity index (χ3n) is 6.28. The van der Waals surface area contributed by atoms with Gasteiger partial charge in [0.2, 0.25) is 5.91 Å². The lowest BCUT2D eigenvalue weighted by atomic mass is 10.2. The molecule has 0 saturated carbocycles. The number of carbonyl (C=O) groups is 1. The Balaban J connectivity index is 1.23. The Morgan fingerprint density at radius 1 is 0.971 bits per heavy atom. The summed E-state index contributed by atoms with van der Waals surface area (Å²) in [6, 6.07) is 14.8. The van der Waals surface area contributed by atoms with E-state index in [1.165, 1.54) is 4.57 Å². The van der Waals surface area contributed by atoms with Crippen LogP contribution >= 0.6 is 0 Å². The Hall–Kier alpha value is -3.69. The molecule has 9 nitrogen and oxygen atoms in total. The van der Waals surface area contributed by atoms with Crippen LogP contribution in [0.1, 0.15) is 6.42 Å². The molecule has 9 heteroatoms. The Bertz CT molecular complexity index is 1450. The van der Waals surface area contributed by atoms with Gasteiger partial charge >= 0.3 is 5.69 Å². The molecule has 0 atom stereocenters. The SMILES string of the molecule is O=C(CCn1c(=O)[nH]c(=O)c2ccccc21)Nc1ccc2c(ccn2CCN2CCOCC2)c1. The third kappa shape index (κ3) is 4.66. The number of ether oxygens (including phenoxy) is 1. The molecule has 1 aliphatic rings. The fourth-order valence-electron chi connectivity index (χ4n) is 4.45. The number of H-pyrrole nitrogens is 1. The van der Waals surface area contributed by atoms with Gasteiger partial charge in [0.15, 0.2) is 0 Å². The maximum absolute atomic E-state index is 12.6. The molecular weight excluding hydrogens is 434 g/mol. The van der Waals surface area contributed by atoms with Gasteiger partial charge in [-0.3, -0.25) is 24.0 Å². The van der Waals surface area contributed by atoms with Crippen molar-refractivity contribution in [1.29, 1.82) is 0 Å². The number of amides is 1. The van der Waals surface area contributed by atoms with Gasteiger partial charge < -0.3 is 14.6 Å². The van der Waals surface area contributed by atoms with Crippen molar-refractivity contribution in [2.45, 2.75) is 19.5 Å². The number of carbonyl (C=O) groups excluding carboxylic acids is 1. The fraction of sp³-hybridized carbons (Fsp3) is 0.320.